The Balaban J connectivity index is 1.56. The van der Waals surface area contributed by atoms with E-state index in [0.717, 1.165) is 46.7 Å². The predicted octanol–water partition coefficient (Wildman–Crippen LogP) is 7.20. The maximum atomic E-state index is 14.6. The summed E-state index contributed by atoms with van der Waals surface area (Å²) in [6, 6.07) is 28.5. The summed E-state index contributed by atoms with van der Waals surface area (Å²) in [5, 5.41) is 4.04. The topological polar surface area (TPSA) is 86.8 Å². The lowest BCUT2D eigenvalue weighted by Crippen LogP contribution is -2.54. The maximum absolute atomic E-state index is 14.6. The molecule has 1 unspecified atom stereocenters. The Morgan fingerprint density at radius 2 is 1.50 bits per heavy atom. The molecule has 4 aromatic carbocycles. The number of aryl methyl sites for hydroxylation is 1. The molecule has 1 aliphatic carbocycles. The van der Waals surface area contributed by atoms with Crippen LogP contribution in [0.15, 0.2) is 108 Å². The van der Waals surface area contributed by atoms with Gasteiger partial charge in [-0.3, -0.25) is 13.9 Å². The van der Waals surface area contributed by atoms with Gasteiger partial charge < -0.3 is 10.2 Å². The van der Waals surface area contributed by atoms with Crippen LogP contribution in [0.2, 0.25) is 10.0 Å². The fourth-order valence-electron chi connectivity index (χ4n) is 5.71. The van der Waals surface area contributed by atoms with E-state index in [9.17, 15) is 18.0 Å². The summed E-state index contributed by atoms with van der Waals surface area (Å²) in [6.45, 7) is 1.39. The molecule has 0 spiro atoms. The second-order valence-corrected chi connectivity index (χ2v) is 14.4. The molecule has 4 aromatic rings. The Morgan fingerprint density at radius 3 is 2.15 bits per heavy atom. The van der Waals surface area contributed by atoms with E-state index in [1.54, 1.807) is 54.6 Å². The van der Waals surface area contributed by atoms with E-state index in [-0.39, 0.29) is 35.5 Å². The Labute approximate surface area is 281 Å². The number of nitrogens with zero attached hydrogens (tertiary/aromatic N) is 2. The van der Waals surface area contributed by atoms with Crippen molar-refractivity contribution in [1.82, 2.24) is 10.2 Å². The van der Waals surface area contributed by atoms with Crippen molar-refractivity contribution in [3.05, 3.63) is 130 Å². The average molecular weight is 679 g/mol. The fraction of sp³-hybridized carbons (Fsp3) is 0.278. The van der Waals surface area contributed by atoms with Gasteiger partial charge in [-0.05, 0) is 73.4 Å². The number of halogens is 2. The van der Waals surface area contributed by atoms with Crippen molar-refractivity contribution in [3.63, 3.8) is 0 Å². The quantitative estimate of drug-likeness (QED) is 0.172. The molecule has 0 heterocycles. The molecule has 240 valence electrons. The minimum atomic E-state index is -4.21. The Morgan fingerprint density at radius 1 is 0.826 bits per heavy atom. The van der Waals surface area contributed by atoms with E-state index in [1.165, 1.54) is 23.1 Å². The first-order chi connectivity index (χ1) is 22.1. The summed E-state index contributed by atoms with van der Waals surface area (Å²) >= 11 is 12.5. The molecule has 0 radical (unpaired) electrons. The predicted molar refractivity (Wildman–Crippen MR) is 183 cm³/mol. The van der Waals surface area contributed by atoms with E-state index in [4.69, 9.17) is 23.2 Å². The summed E-state index contributed by atoms with van der Waals surface area (Å²) in [7, 11) is -4.21. The van der Waals surface area contributed by atoms with Crippen LogP contribution in [0.3, 0.4) is 0 Å². The number of carbonyl (C=O) groups is 2. The van der Waals surface area contributed by atoms with Crippen LogP contribution in [0.5, 0.6) is 0 Å². The van der Waals surface area contributed by atoms with Crippen molar-refractivity contribution in [2.75, 3.05) is 10.8 Å². The zero-order chi connectivity index (χ0) is 32.7. The lowest BCUT2D eigenvalue weighted by atomic mass is 10.0. The van der Waals surface area contributed by atoms with Crippen molar-refractivity contribution in [1.29, 1.82) is 0 Å². The van der Waals surface area contributed by atoms with Crippen LogP contribution in [-0.4, -0.2) is 43.8 Å². The lowest BCUT2D eigenvalue weighted by Gasteiger charge is -2.34. The zero-order valence-electron chi connectivity index (χ0n) is 25.6. The molecule has 0 saturated heterocycles. The van der Waals surface area contributed by atoms with Crippen LogP contribution in [0.4, 0.5) is 5.69 Å². The first-order valence-corrected chi connectivity index (χ1v) is 17.5. The molecule has 46 heavy (non-hydrogen) atoms. The summed E-state index contributed by atoms with van der Waals surface area (Å²) < 4.78 is 29.4. The largest absolute Gasteiger partial charge is 0.352 e. The van der Waals surface area contributed by atoms with Gasteiger partial charge in [-0.1, -0.05) is 102 Å². The number of hydrogen-bond acceptors (Lipinski definition) is 4. The molecule has 2 amide bonds. The number of amides is 2. The Kier molecular flexibility index (Phi) is 11.0. The average Bonchev–Trinajstić information content (AvgIpc) is 3.56. The molecular formula is C36H37Cl2N3O4S. The van der Waals surface area contributed by atoms with Gasteiger partial charge in [0, 0.05) is 29.1 Å². The first kappa shape index (κ1) is 33.5. The number of anilines is 1. The van der Waals surface area contributed by atoms with E-state index in [2.05, 4.69) is 5.32 Å². The van der Waals surface area contributed by atoms with Crippen molar-refractivity contribution >= 4 is 50.7 Å². The number of rotatable bonds is 12. The van der Waals surface area contributed by atoms with Gasteiger partial charge in [-0.25, -0.2) is 8.42 Å². The highest BCUT2D eigenvalue weighted by Gasteiger charge is 2.35. The molecule has 7 nitrogen and oxygen atoms in total. The second-order valence-electron chi connectivity index (χ2n) is 11.6. The highest BCUT2D eigenvalue weighted by molar-refractivity contribution is 7.92. The van der Waals surface area contributed by atoms with Crippen LogP contribution in [0.1, 0.15) is 42.4 Å². The lowest BCUT2D eigenvalue weighted by molar-refractivity contribution is -0.140. The third kappa shape index (κ3) is 8.49. The third-order valence-electron chi connectivity index (χ3n) is 8.22. The molecule has 0 bridgehead atoms. The number of benzene rings is 4. The van der Waals surface area contributed by atoms with Gasteiger partial charge in [0.2, 0.25) is 11.8 Å². The molecule has 0 aliphatic heterocycles. The maximum Gasteiger partial charge on any atom is 0.264 e. The van der Waals surface area contributed by atoms with Gasteiger partial charge >= 0.3 is 0 Å². The smallest absolute Gasteiger partial charge is 0.264 e. The fourth-order valence-corrected chi connectivity index (χ4v) is 7.42. The van der Waals surface area contributed by atoms with Crippen molar-refractivity contribution in [2.45, 2.75) is 62.6 Å². The number of carbonyl (C=O) groups excluding carboxylic acids is 2. The minimum Gasteiger partial charge on any atom is -0.352 e. The van der Waals surface area contributed by atoms with Gasteiger partial charge in [-0.15, -0.1) is 0 Å². The number of hydrogen-bond donors (Lipinski definition) is 1. The summed E-state index contributed by atoms with van der Waals surface area (Å²) in [5.41, 5.74) is 2.76. The van der Waals surface area contributed by atoms with Gasteiger partial charge in [-0.2, -0.15) is 0 Å². The van der Waals surface area contributed by atoms with Crippen LogP contribution >= 0.6 is 23.2 Å². The van der Waals surface area contributed by atoms with Crippen LogP contribution in [0.25, 0.3) is 0 Å². The van der Waals surface area contributed by atoms with Gasteiger partial charge in [0.25, 0.3) is 10.0 Å². The molecule has 10 heteroatoms. The third-order valence-corrected chi connectivity index (χ3v) is 10.5. The zero-order valence-corrected chi connectivity index (χ0v) is 27.9. The SMILES string of the molecule is Cc1ccc(S(=O)(=O)N(CC(=O)N(Cc2ccc(Cl)cc2)C(Cc2ccccc2)C(=O)NC2CCCC2)c2cccc(Cl)c2)cc1. The molecule has 5 rings (SSSR count). The summed E-state index contributed by atoms with van der Waals surface area (Å²) in [6.07, 6.45) is 4.08. The number of sulfonamides is 1. The normalized spacial score (nSPS) is 14.1. The highest BCUT2D eigenvalue weighted by atomic mass is 35.5. The monoisotopic (exact) mass is 677 g/mol. The first-order valence-electron chi connectivity index (χ1n) is 15.3. The van der Waals surface area contributed by atoms with Crippen molar-refractivity contribution in [3.8, 4) is 0 Å². The molecule has 1 saturated carbocycles. The number of nitrogens with one attached hydrogen (secondary N) is 1. The minimum absolute atomic E-state index is 0.0307. The molecule has 1 aliphatic rings. The van der Waals surface area contributed by atoms with Crippen molar-refractivity contribution < 1.29 is 18.0 Å². The van der Waals surface area contributed by atoms with Gasteiger partial charge in [0.05, 0.1) is 10.6 Å². The van der Waals surface area contributed by atoms with Gasteiger partial charge in [0.1, 0.15) is 12.6 Å². The summed E-state index contributed by atoms with van der Waals surface area (Å²) in [4.78, 5) is 30.2. The van der Waals surface area contributed by atoms with Crippen LogP contribution in [-0.2, 0) is 32.6 Å². The van der Waals surface area contributed by atoms with Gasteiger partial charge in [0.15, 0.2) is 0 Å². The molecule has 0 aromatic heterocycles. The molecular weight excluding hydrogens is 641 g/mol. The van der Waals surface area contributed by atoms with Crippen molar-refractivity contribution in [2.24, 2.45) is 0 Å². The summed E-state index contributed by atoms with van der Waals surface area (Å²) in [5.74, 6) is -0.804. The van der Waals surface area contributed by atoms with E-state index in [1.807, 2.05) is 37.3 Å². The molecule has 1 atom stereocenters. The second kappa shape index (κ2) is 15.2. The van der Waals surface area contributed by atoms with E-state index >= 15 is 0 Å². The van der Waals surface area contributed by atoms with Crippen LogP contribution in [0, 0.1) is 6.92 Å². The molecule has 1 N–H and O–H groups in total. The standard InChI is InChI=1S/C36H37Cl2N3O4S/c1-26-14-20-33(21-15-26)46(44,45)41(32-13-7-10-30(38)23-32)25-35(42)40(24-28-16-18-29(37)19-17-28)34(22-27-8-3-2-4-9-27)36(43)39-31-11-5-6-12-31/h2-4,7-10,13-21,23,31,34H,5-6,11-12,22,24-25H2,1H3,(H,39,43). The Hall–Kier alpha value is -3.85. The van der Waals surface area contributed by atoms with Crippen LogP contribution < -0.4 is 9.62 Å². The van der Waals surface area contributed by atoms with E-state index in [0.29, 0.717) is 10.0 Å². The molecule has 1 fully saturated rings. The highest BCUT2D eigenvalue weighted by Crippen LogP contribution is 2.28. The Bertz CT molecular complexity index is 1740. The van der Waals surface area contributed by atoms with E-state index < -0.39 is 28.5 Å².